The van der Waals surface area contributed by atoms with Crippen molar-refractivity contribution < 1.29 is 4.92 Å². The highest BCUT2D eigenvalue weighted by atomic mass is 16.6. The summed E-state index contributed by atoms with van der Waals surface area (Å²) in [4.78, 5) is 10.3. The number of aryl methyl sites for hydroxylation is 1. The summed E-state index contributed by atoms with van der Waals surface area (Å²) in [6.07, 6.45) is 0. The molecule has 0 heterocycles. The van der Waals surface area contributed by atoms with Gasteiger partial charge < -0.3 is 5.32 Å². The van der Waals surface area contributed by atoms with E-state index in [1.165, 1.54) is 0 Å². The molecule has 16 heavy (non-hydrogen) atoms. The van der Waals surface area contributed by atoms with Crippen LogP contribution in [0.5, 0.6) is 0 Å². The minimum absolute atomic E-state index is 0.188. The average Bonchev–Trinajstić information content (AvgIpc) is 2.26. The van der Waals surface area contributed by atoms with Gasteiger partial charge in [0.2, 0.25) is 0 Å². The van der Waals surface area contributed by atoms with Gasteiger partial charge in [0.15, 0.2) is 0 Å². The molecule has 0 saturated carbocycles. The minimum Gasteiger partial charge on any atom is -0.317 e. The molecule has 0 spiro atoms. The quantitative estimate of drug-likeness (QED) is 0.629. The van der Waals surface area contributed by atoms with Crippen LogP contribution in [0.25, 0.3) is 0 Å². The second-order valence-electron chi connectivity index (χ2n) is 4.17. The fourth-order valence-corrected chi connectivity index (χ4v) is 1.71. The summed E-state index contributed by atoms with van der Waals surface area (Å²) in [6, 6.07) is 5.67. The van der Waals surface area contributed by atoms with Crippen molar-refractivity contribution in [1.29, 1.82) is 0 Å². The standard InChI is InChI=1S/C12H18N2O2/c1-8-7-11(9(2)10(3)13-4)5-6-12(8)14(15)16/h5-7,9-10,13H,1-4H3. The predicted octanol–water partition coefficient (Wildman–Crippen LogP) is 2.61. The smallest absolute Gasteiger partial charge is 0.272 e. The van der Waals surface area contributed by atoms with Gasteiger partial charge in [-0.05, 0) is 38.4 Å². The van der Waals surface area contributed by atoms with Gasteiger partial charge in [0.1, 0.15) is 0 Å². The molecule has 0 aliphatic carbocycles. The molecular formula is C12H18N2O2. The Hall–Kier alpha value is -1.42. The van der Waals surface area contributed by atoms with Crippen LogP contribution in [-0.2, 0) is 0 Å². The van der Waals surface area contributed by atoms with Gasteiger partial charge in [0, 0.05) is 17.7 Å². The zero-order valence-electron chi connectivity index (χ0n) is 10.2. The summed E-state index contributed by atoms with van der Waals surface area (Å²) >= 11 is 0. The zero-order valence-corrected chi connectivity index (χ0v) is 10.2. The van der Waals surface area contributed by atoms with Crippen molar-refractivity contribution >= 4 is 5.69 Å². The lowest BCUT2D eigenvalue weighted by molar-refractivity contribution is -0.385. The molecule has 4 heteroatoms. The van der Waals surface area contributed by atoms with Gasteiger partial charge in [-0.3, -0.25) is 10.1 Å². The van der Waals surface area contributed by atoms with Crippen LogP contribution in [-0.4, -0.2) is 18.0 Å². The first-order valence-electron chi connectivity index (χ1n) is 5.39. The van der Waals surface area contributed by atoms with Crippen molar-refractivity contribution in [2.24, 2.45) is 0 Å². The molecule has 1 aromatic rings. The van der Waals surface area contributed by atoms with Crippen LogP contribution < -0.4 is 5.32 Å². The molecule has 0 bridgehead atoms. The minimum atomic E-state index is -0.342. The van der Waals surface area contributed by atoms with E-state index in [1.807, 2.05) is 19.2 Å². The van der Waals surface area contributed by atoms with Gasteiger partial charge in [0.05, 0.1) is 4.92 Å². The summed E-state index contributed by atoms with van der Waals surface area (Å²) in [7, 11) is 1.92. The Labute approximate surface area is 95.8 Å². The molecule has 0 aliphatic heterocycles. The normalized spacial score (nSPS) is 14.5. The largest absolute Gasteiger partial charge is 0.317 e. The number of hydrogen-bond donors (Lipinski definition) is 1. The monoisotopic (exact) mass is 222 g/mol. The molecule has 0 fully saturated rings. The molecule has 0 aromatic heterocycles. The third-order valence-corrected chi connectivity index (χ3v) is 3.15. The van der Waals surface area contributed by atoms with Crippen LogP contribution in [0.2, 0.25) is 0 Å². The first-order chi connectivity index (χ1) is 7.47. The van der Waals surface area contributed by atoms with Gasteiger partial charge in [-0.25, -0.2) is 0 Å². The Morgan fingerprint density at radius 1 is 1.38 bits per heavy atom. The molecule has 2 unspecified atom stereocenters. The third kappa shape index (κ3) is 2.58. The summed E-state index contributed by atoms with van der Waals surface area (Å²) in [6.45, 7) is 5.99. The number of nitro benzene ring substituents is 1. The number of nitrogens with one attached hydrogen (secondary N) is 1. The van der Waals surface area contributed by atoms with Crippen LogP contribution in [0.3, 0.4) is 0 Å². The van der Waals surface area contributed by atoms with Crippen LogP contribution >= 0.6 is 0 Å². The first-order valence-corrected chi connectivity index (χ1v) is 5.39. The van der Waals surface area contributed by atoms with E-state index in [2.05, 4.69) is 19.2 Å². The zero-order chi connectivity index (χ0) is 12.3. The van der Waals surface area contributed by atoms with E-state index in [0.29, 0.717) is 12.0 Å². The van der Waals surface area contributed by atoms with Crippen LogP contribution in [0, 0.1) is 17.0 Å². The van der Waals surface area contributed by atoms with Crippen LogP contribution in [0.4, 0.5) is 5.69 Å². The second-order valence-corrected chi connectivity index (χ2v) is 4.17. The van der Waals surface area contributed by atoms with E-state index >= 15 is 0 Å². The third-order valence-electron chi connectivity index (χ3n) is 3.15. The maximum Gasteiger partial charge on any atom is 0.272 e. The Kier molecular flexibility index (Phi) is 4.01. The van der Waals surface area contributed by atoms with Crippen molar-refractivity contribution in [3.63, 3.8) is 0 Å². The molecule has 0 saturated heterocycles. The number of nitrogens with zero attached hydrogens (tertiary/aromatic N) is 1. The van der Waals surface area contributed by atoms with Gasteiger partial charge in [0.25, 0.3) is 5.69 Å². The fourth-order valence-electron chi connectivity index (χ4n) is 1.71. The number of nitro groups is 1. The lowest BCUT2D eigenvalue weighted by atomic mass is 9.93. The van der Waals surface area contributed by atoms with E-state index in [-0.39, 0.29) is 10.6 Å². The maximum absolute atomic E-state index is 10.7. The Balaban J connectivity index is 3.01. The van der Waals surface area contributed by atoms with Crippen molar-refractivity contribution in [3.05, 3.63) is 39.4 Å². The van der Waals surface area contributed by atoms with Crippen molar-refractivity contribution in [1.82, 2.24) is 5.32 Å². The lowest BCUT2D eigenvalue weighted by Gasteiger charge is -2.19. The molecule has 88 valence electrons. The Morgan fingerprint density at radius 2 is 2.00 bits per heavy atom. The highest BCUT2D eigenvalue weighted by Crippen LogP contribution is 2.25. The Morgan fingerprint density at radius 3 is 2.44 bits per heavy atom. The summed E-state index contributed by atoms with van der Waals surface area (Å²) < 4.78 is 0. The molecule has 1 rings (SSSR count). The number of hydrogen-bond acceptors (Lipinski definition) is 3. The topological polar surface area (TPSA) is 55.2 Å². The summed E-state index contributed by atoms with van der Waals surface area (Å²) in [5.74, 6) is 0.338. The molecule has 2 atom stereocenters. The SMILES string of the molecule is CNC(C)C(C)c1ccc([N+](=O)[O-])c(C)c1. The van der Waals surface area contributed by atoms with E-state index in [4.69, 9.17) is 0 Å². The maximum atomic E-state index is 10.7. The molecule has 0 aliphatic rings. The highest BCUT2D eigenvalue weighted by Gasteiger charge is 2.16. The molecule has 1 N–H and O–H groups in total. The fraction of sp³-hybridized carbons (Fsp3) is 0.500. The van der Waals surface area contributed by atoms with Gasteiger partial charge in [-0.1, -0.05) is 13.0 Å². The molecule has 4 nitrogen and oxygen atoms in total. The van der Waals surface area contributed by atoms with E-state index < -0.39 is 0 Å². The van der Waals surface area contributed by atoms with E-state index in [0.717, 1.165) is 11.1 Å². The first kappa shape index (κ1) is 12.6. The van der Waals surface area contributed by atoms with Crippen molar-refractivity contribution in [3.8, 4) is 0 Å². The summed E-state index contributed by atoms with van der Waals surface area (Å²) in [5, 5.41) is 13.9. The van der Waals surface area contributed by atoms with E-state index in [1.54, 1.807) is 13.0 Å². The van der Waals surface area contributed by atoms with Crippen molar-refractivity contribution in [2.45, 2.75) is 32.7 Å². The predicted molar refractivity (Wildman–Crippen MR) is 64.8 cm³/mol. The van der Waals surface area contributed by atoms with Gasteiger partial charge in [-0.2, -0.15) is 0 Å². The van der Waals surface area contributed by atoms with Crippen molar-refractivity contribution in [2.75, 3.05) is 7.05 Å². The van der Waals surface area contributed by atoms with Gasteiger partial charge >= 0.3 is 0 Å². The summed E-state index contributed by atoms with van der Waals surface area (Å²) in [5.41, 5.74) is 2.04. The lowest BCUT2D eigenvalue weighted by Crippen LogP contribution is -2.27. The molecule has 0 amide bonds. The second kappa shape index (κ2) is 5.07. The molecular weight excluding hydrogens is 204 g/mol. The number of likely N-dealkylation sites (N-methyl/N-ethyl adjacent to an activating group) is 1. The van der Waals surface area contributed by atoms with Crippen LogP contribution in [0.1, 0.15) is 30.9 Å². The molecule has 1 aromatic carbocycles. The Bertz CT molecular complexity index is 391. The average molecular weight is 222 g/mol. The number of benzene rings is 1. The highest BCUT2D eigenvalue weighted by molar-refractivity contribution is 5.42. The van der Waals surface area contributed by atoms with Crippen LogP contribution in [0.15, 0.2) is 18.2 Å². The number of rotatable bonds is 4. The van der Waals surface area contributed by atoms with E-state index in [9.17, 15) is 10.1 Å². The van der Waals surface area contributed by atoms with Gasteiger partial charge in [-0.15, -0.1) is 0 Å². The molecule has 0 radical (unpaired) electrons.